The largest absolute Gasteiger partial charge is 0.341 e. The van der Waals surface area contributed by atoms with Crippen molar-refractivity contribution in [1.82, 2.24) is 14.4 Å². The van der Waals surface area contributed by atoms with Gasteiger partial charge in [-0.2, -0.15) is 0 Å². The fourth-order valence-electron chi connectivity index (χ4n) is 3.80. The fourth-order valence-corrected chi connectivity index (χ4v) is 3.80. The minimum atomic E-state index is -0.0160. The molecule has 3 rings (SSSR count). The molecule has 0 aromatic carbocycles. The van der Waals surface area contributed by atoms with Gasteiger partial charge in [-0.25, -0.2) is 0 Å². The molecule has 5 heteroatoms. The third kappa shape index (κ3) is 3.50. The van der Waals surface area contributed by atoms with Crippen LogP contribution in [0.5, 0.6) is 0 Å². The Morgan fingerprint density at radius 2 is 1.83 bits per heavy atom. The van der Waals surface area contributed by atoms with Gasteiger partial charge >= 0.3 is 0 Å². The zero-order valence-electron chi connectivity index (χ0n) is 14.2. The van der Waals surface area contributed by atoms with Gasteiger partial charge in [0.25, 0.3) is 5.56 Å². The van der Waals surface area contributed by atoms with Crippen LogP contribution in [0.15, 0.2) is 23.1 Å². The summed E-state index contributed by atoms with van der Waals surface area (Å²) in [5.41, 5.74) is 1.20. The van der Waals surface area contributed by atoms with E-state index in [1.54, 1.807) is 17.7 Å². The van der Waals surface area contributed by atoms with Crippen LogP contribution < -0.4 is 5.56 Å². The Labute approximate surface area is 137 Å². The molecule has 0 aliphatic carbocycles. The minimum absolute atomic E-state index is 0.0160. The highest BCUT2D eigenvalue weighted by molar-refractivity contribution is 5.81. The summed E-state index contributed by atoms with van der Waals surface area (Å²) in [7, 11) is 1.78. The van der Waals surface area contributed by atoms with Gasteiger partial charge in [-0.1, -0.05) is 0 Å². The smallest absolute Gasteiger partial charge is 0.250 e. The topological polar surface area (TPSA) is 45.6 Å². The Hall–Kier alpha value is -1.62. The van der Waals surface area contributed by atoms with Crippen molar-refractivity contribution in [2.45, 2.75) is 44.6 Å². The van der Waals surface area contributed by atoms with Crippen LogP contribution in [0.1, 0.15) is 44.1 Å². The van der Waals surface area contributed by atoms with Gasteiger partial charge in [-0.3, -0.25) is 14.5 Å². The van der Waals surface area contributed by atoms with E-state index >= 15 is 0 Å². The normalized spacial score (nSPS) is 21.6. The van der Waals surface area contributed by atoms with Crippen molar-refractivity contribution in [2.24, 2.45) is 7.05 Å². The van der Waals surface area contributed by atoms with Crippen molar-refractivity contribution in [2.75, 3.05) is 26.2 Å². The molecule has 2 saturated heterocycles. The molecular formula is C18H27N3O2. The molecule has 1 atom stereocenters. The Bertz CT molecular complexity index is 611. The molecule has 0 saturated carbocycles. The van der Waals surface area contributed by atoms with E-state index in [1.807, 2.05) is 18.0 Å². The summed E-state index contributed by atoms with van der Waals surface area (Å²) in [6, 6.07) is 3.80. The molecule has 3 heterocycles. The van der Waals surface area contributed by atoms with Crippen LogP contribution in [0.4, 0.5) is 0 Å². The number of carbonyl (C=O) groups is 1. The number of hydrogen-bond acceptors (Lipinski definition) is 3. The molecule has 2 aliphatic rings. The lowest BCUT2D eigenvalue weighted by Crippen LogP contribution is -2.48. The average molecular weight is 317 g/mol. The molecule has 0 spiro atoms. The van der Waals surface area contributed by atoms with E-state index in [-0.39, 0.29) is 17.5 Å². The molecule has 1 aromatic rings. The molecule has 2 aliphatic heterocycles. The van der Waals surface area contributed by atoms with Gasteiger partial charge in [0, 0.05) is 32.4 Å². The Kier molecular flexibility index (Phi) is 4.85. The molecule has 0 bridgehead atoms. The SMILES string of the molecule is CC(C(=O)N1CCCC1)N1CCC(c2ccn(C)c(=O)c2)CC1. The number of pyridine rings is 1. The van der Waals surface area contributed by atoms with E-state index in [2.05, 4.69) is 11.0 Å². The molecule has 1 unspecified atom stereocenters. The first-order valence-electron chi connectivity index (χ1n) is 8.75. The Balaban J connectivity index is 1.58. The second kappa shape index (κ2) is 6.87. The maximum absolute atomic E-state index is 12.5. The third-order valence-electron chi connectivity index (χ3n) is 5.45. The van der Waals surface area contributed by atoms with Crippen LogP contribution >= 0.6 is 0 Å². The number of aromatic nitrogens is 1. The number of piperidine rings is 1. The maximum Gasteiger partial charge on any atom is 0.250 e. The first-order chi connectivity index (χ1) is 11.1. The number of hydrogen-bond donors (Lipinski definition) is 0. The van der Waals surface area contributed by atoms with Gasteiger partial charge in [-0.15, -0.1) is 0 Å². The summed E-state index contributed by atoms with van der Waals surface area (Å²) >= 11 is 0. The van der Waals surface area contributed by atoms with Gasteiger partial charge in [0.1, 0.15) is 0 Å². The van der Waals surface area contributed by atoms with E-state index in [0.717, 1.165) is 57.4 Å². The van der Waals surface area contributed by atoms with Crippen LogP contribution in [-0.2, 0) is 11.8 Å². The molecule has 0 N–H and O–H groups in total. The van der Waals surface area contributed by atoms with Crippen molar-refractivity contribution in [1.29, 1.82) is 0 Å². The summed E-state index contributed by atoms with van der Waals surface area (Å²) in [5, 5.41) is 0. The van der Waals surface area contributed by atoms with Crippen LogP contribution in [0.2, 0.25) is 0 Å². The lowest BCUT2D eigenvalue weighted by molar-refractivity contribution is -0.135. The second-order valence-electron chi connectivity index (χ2n) is 6.93. The van der Waals surface area contributed by atoms with Crippen LogP contribution in [0.25, 0.3) is 0 Å². The molecule has 1 aromatic heterocycles. The molecule has 0 radical (unpaired) electrons. The van der Waals surface area contributed by atoms with Crippen molar-refractivity contribution in [3.63, 3.8) is 0 Å². The van der Waals surface area contributed by atoms with Crippen LogP contribution in [0.3, 0.4) is 0 Å². The second-order valence-corrected chi connectivity index (χ2v) is 6.93. The van der Waals surface area contributed by atoms with E-state index < -0.39 is 0 Å². The molecule has 23 heavy (non-hydrogen) atoms. The van der Waals surface area contributed by atoms with E-state index in [9.17, 15) is 9.59 Å². The summed E-state index contributed by atoms with van der Waals surface area (Å²) in [4.78, 5) is 28.6. The lowest BCUT2D eigenvalue weighted by Gasteiger charge is -2.36. The highest BCUT2D eigenvalue weighted by atomic mass is 16.2. The van der Waals surface area contributed by atoms with Crippen molar-refractivity contribution in [3.05, 3.63) is 34.2 Å². The van der Waals surface area contributed by atoms with Crippen molar-refractivity contribution < 1.29 is 4.79 Å². The predicted octanol–water partition coefficient (Wildman–Crippen LogP) is 1.58. The molecule has 2 fully saturated rings. The van der Waals surface area contributed by atoms with Gasteiger partial charge < -0.3 is 9.47 Å². The highest BCUT2D eigenvalue weighted by Gasteiger charge is 2.30. The zero-order chi connectivity index (χ0) is 16.4. The first-order valence-corrected chi connectivity index (χ1v) is 8.75. The van der Waals surface area contributed by atoms with Crippen molar-refractivity contribution in [3.8, 4) is 0 Å². The van der Waals surface area contributed by atoms with Gasteiger partial charge in [0.05, 0.1) is 6.04 Å². The van der Waals surface area contributed by atoms with Gasteiger partial charge in [0.15, 0.2) is 0 Å². The minimum Gasteiger partial charge on any atom is -0.341 e. The standard InChI is InChI=1S/C18H27N3O2/c1-14(18(23)21-8-3-4-9-21)20-11-6-15(7-12-20)16-5-10-19(2)17(22)13-16/h5,10,13-15H,3-4,6-9,11-12H2,1-2H3. The quantitative estimate of drug-likeness (QED) is 0.850. The third-order valence-corrected chi connectivity index (χ3v) is 5.45. The van der Waals surface area contributed by atoms with Crippen LogP contribution in [-0.4, -0.2) is 52.5 Å². The van der Waals surface area contributed by atoms with Gasteiger partial charge in [0.2, 0.25) is 5.91 Å². The van der Waals surface area contributed by atoms with Crippen LogP contribution in [0, 0.1) is 0 Å². The molecule has 5 nitrogen and oxygen atoms in total. The number of rotatable bonds is 3. The number of amides is 1. The number of likely N-dealkylation sites (tertiary alicyclic amines) is 2. The summed E-state index contributed by atoms with van der Waals surface area (Å²) in [6.07, 6.45) is 6.17. The number of aryl methyl sites for hydroxylation is 1. The van der Waals surface area contributed by atoms with Gasteiger partial charge in [-0.05, 0) is 63.2 Å². The zero-order valence-corrected chi connectivity index (χ0v) is 14.2. The first kappa shape index (κ1) is 16.2. The average Bonchev–Trinajstić information content (AvgIpc) is 3.11. The monoisotopic (exact) mass is 317 g/mol. The summed E-state index contributed by atoms with van der Waals surface area (Å²) in [6.45, 7) is 5.75. The van der Waals surface area contributed by atoms with E-state index in [4.69, 9.17) is 0 Å². The highest BCUT2D eigenvalue weighted by Crippen LogP contribution is 2.28. The molecule has 1 amide bonds. The van der Waals surface area contributed by atoms with E-state index in [0.29, 0.717) is 5.92 Å². The molecular weight excluding hydrogens is 290 g/mol. The van der Waals surface area contributed by atoms with Crippen molar-refractivity contribution >= 4 is 5.91 Å². The van der Waals surface area contributed by atoms with E-state index in [1.165, 1.54) is 0 Å². The lowest BCUT2D eigenvalue weighted by atomic mass is 9.89. The fraction of sp³-hybridized carbons (Fsp3) is 0.667. The Morgan fingerprint density at radius 3 is 2.43 bits per heavy atom. The number of carbonyl (C=O) groups excluding carboxylic acids is 1. The summed E-state index contributed by atoms with van der Waals surface area (Å²) < 4.78 is 1.61. The Morgan fingerprint density at radius 1 is 1.17 bits per heavy atom. The number of nitrogens with zero attached hydrogens (tertiary/aromatic N) is 3. The summed E-state index contributed by atoms with van der Waals surface area (Å²) in [5.74, 6) is 0.726. The predicted molar refractivity (Wildman–Crippen MR) is 90.5 cm³/mol. The maximum atomic E-state index is 12.5. The molecule has 126 valence electrons.